The molecule has 0 fully saturated rings. The van der Waals surface area contributed by atoms with Gasteiger partial charge in [0.2, 0.25) is 0 Å². The van der Waals surface area contributed by atoms with Crippen molar-refractivity contribution in [3.63, 3.8) is 0 Å². The van der Waals surface area contributed by atoms with E-state index in [-0.39, 0.29) is 11.1 Å². The Morgan fingerprint density at radius 2 is 2.05 bits per heavy atom. The molecule has 1 aromatic rings. The minimum Gasteiger partial charge on any atom is -0.382 e. The van der Waals surface area contributed by atoms with E-state index in [0.717, 1.165) is 0 Å². The number of nitrogens with zero attached hydrogens (tertiary/aromatic N) is 1. The van der Waals surface area contributed by atoms with Crippen molar-refractivity contribution < 1.29 is 23.1 Å². The molecule has 0 aliphatic carbocycles. The van der Waals surface area contributed by atoms with E-state index in [1.165, 1.54) is 13.8 Å². The van der Waals surface area contributed by atoms with Crippen LogP contribution in [0, 0.1) is 13.8 Å². The van der Waals surface area contributed by atoms with Gasteiger partial charge in [0.15, 0.2) is 6.10 Å². The second-order valence-electron chi connectivity index (χ2n) is 3.91. The van der Waals surface area contributed by atoms with E-state index in [0.29, 0.717) is 5.69 Å². The largest absolute Gasteiger partial charge is 0.416 e. The molecule has 0 saturated heterocycles. The number of hydrogen-bond acceptors (Lipinski definition) is 4. The molecule has 0 bridgehead atoms. The Kier molecular flexibility index (Phi) is 4.30. The molecule has 1 aromatic heterocycles. The van der Waals surface area contributed by atoms with Gasteiger partial charge in [0.05, 0.1) is 12.2 Å². The summed E-state index contributed by atoms with van der Waals surface area (Å²) in [5.41, 5.74) is -0.479. The Labute approximate surface area is 105 Å². The molecule has 6 nitrogen and oxygen atoms in total. The van der Waals surface area contributed by atoms with E-state index >= 15 is 0 Å². The lowest BCUT2D eigenvalue weighted by atomic mass is 10.1. The Morgan fingerprint density at radius 3 is 2.58 bits per heavy atom. The molecule has 0 aliphatic rings. The third-order valence-electron chi connectivity index (χ3n) is 2.53. The number of aliphatic hydroxyl groups excluding tert-OH is 1. The molecule has 0 aliphatic heterocycles. The predicted octanol–water partition coefficient (Wildman–Crippen LogP) is 0.0397. The SMILES string of the molecule is Cc1n[nH]c(=O)c(C(=O)NCC(O)C(F)(F)F)c1C. The topological polar surface area (TPSA) is 95.1 Å². The zero-order valence-electron chi connectivity index (χ0n) is 10.1. The maximum Gasteiger partial charge on any atom is 0.416 e. The van der Waals surface area contributed by atoms with Crippen LogP contribution in [-0.2, 0) is 0 Å². The first-order valence-corrected chi connectivity index (χ1v) is 5.23. The van der Waals surface area contributed by atoms with Crippen LogP contribution in [0.5, 0.6) is 0 Å². The number of amides is 1. The number of rotatable bonds is 3. The highest BCUT2D eigenvalue weighted by Crippen LogP contribution is 2.19. The zero-order chi connectivity index (χ0) is 14.8. The lowest BCUT2D eigenvalue weighted by molar-refractivity contribution is -0.201. The summed E-state index contributed by atoms with van der Waals surface area (Å²) in [6.07, 6.45) is -7.51. The summed E-state index contributed by atoms with van der Waals surface area (Å²) >= 11 is 0. The first kappa shape index (κ1) is 15.2. The standard InChI is InChI=1S/C10H12F3N3O3/c1-4-5(2)15-16-9(19)7(4)8(18)14-3-6(17)10(11,12)13/h6,17H,3H2,1-2H3,(H,14,18)(H,16,19). The van der Waals surface area contributed by atoms with E-state index in [4.69, 9.17) is 5.11 Å². The van der Waals surface area contributed by atoms with Gasteiger partial charge < -0.3 is 10.4 Å². The van der Waals surface area contributed by atoms with Crippen LogP contribution in [0.15, 0.2) is 4.79 Å². The lowest BCUT2D eigenvalue weighted by Gasteiger charge is -2.15. The number of halogens is 3. The quantitative estimate of drug-likeness (QED) is 0.728. The van der Waals surface area contributed by atoms with Crippen molar-refractivity contribution in [2.24, 2.45) is 0 Å². The van der Waals surface area contributed by atoms with E-state index in [1.54, 1.807) is 0 Å². The van der Waals surface area contributed by atoms with Crippen molar-refractivity contribution in [2.45, 2.75) is 26.1 Å². The minimum atomic E-state index is -4.83. The molecule has 0 saturated carbocycles. The van der Waals surface area contributed by atoms with Gasteiger partial charge in [-0.2, -0.15) is 18.3 Å². The van der Waals surface area contributed by atoms with Crippen molar-refractivity contribution in [2.75, 3.05) is 6.54 Å². The van der Waals surface area contributed by atoms with Crippen molar-refractivity contribution in [3.05, 3.63) is 27.2 Å². The number of aromatic nitrogens is 2. The molecule has 3 N–H and O–H groups in total. The van der Waals surface area contributed by atoms with Gasteiger partial charge in [0.25, 0.3) is 11.5 Å². The number of aliphatic hydroxyl groups is 1. The second kappa shape index (κ2) is 5.39. The monoisotopic (exact) mass is 279 g/mol. The van der Waals surface area contributed by atoms with Crippen LogP contribution >= 0.6 is 0 Å². The van der Waals surface area contributed by atoms with Crippen LogP contribution in [-0.4, -0.2) is 40.0 Å². The summed E-state index contributed by atoms with van der Waals surface area (Å²) in [4.78, 5) is 23.0. The third-order valence-corrected chi connectivity index (χ3v) is 2.53. The van der Waals surface area contributed by atoms with Crippen LogP contribution in [0.3, 0.4) is 0 Å². The fourth-order valence-corrected chi connectivity index (χ4v) is 1.29. The summed E-state index contributed by atoms with van der Waals surface area (Å²) in [5.74, 6) is -0.993. The molecule has 0 aromatic carbocycles. The normalized spacial score (nSPS) is 13.2. The molecule has 1 rings (SSSR count). The smallest absolute Gasteiger partial charge is 0.382 e. The number of carbonyl (C=O) groups excluding carboxylic acids is 1. The number of alkyl halides is 3. The van der Waals surface area contributed by atoms with Gasteiger partial charge in [-0.25, -0.2) is 5.10 Å². The van der Waals surface area contributed by atoms with Crippen LogP contribution in [0.2, 0.25) is 0 Å². The second-order valence-corrected chi connectivity index (χ2v) is 3.91. The van der Waals surface area contributed by atoms with Crippen LogP contribution in [0.4, 0.5) is 13.2 Å². The highest BCUT2D eigenvalue weighted by Gasteiger charge is 2.38. The van der Waals surface area contributed by atoms with Gasteiger partial charge in [0, 0.05) is 0 Å². The van der Waals surface area contributed by atoms with Gasteiger partial charge >= 0.3 is 6.18 Å². The molecule has 1 atom stereocenters. The summed E-state index contributed by atoms with van der Waals surface area (Å²) in [6, 6.07) is 0. The van der Waals surface area contributed by atoms with Gasteiger partial charge in [0.1, 0.15) is 5.56 Å². The Bertz CT molecular complexity index is 539. The summed E-state index contributed by atoms with van der Waals surface area (Å²) in [5, 5.41) is 16.3. The van der Waals surface area contributed by atoms with E-state index in [2.05, 4.69) is 10.2 Å². The number of carbonyl (C=O) groups is 1. The third kappa shape index (κ3) is 3.53. The summed E-state index contributed by atoms with van der Waals surface area (Å²) in [6.45, 7) is 1.96. The molecule has 1 heterocycles. The minimum absolute atomic E-state index is 0.266. The molecule has 1 unspecified atom stereocenters. The van der Waals surface area contributed by atoms with Crippen molar-refractivity contribution in [1.82, 2.24) is 15.5 Å². The average molecular weight is 279 g/mol. The first-order chi connectivity index (χ1) is 8.64. The molecule has 9 heteroatoms. The fourth-order valence-electron chi connectivity index (χ4n) is 1.29. The van der Waals surface area contributed by atoms with Crippen molar-refractivity contribution >= 4 is 5.91 Å². The van der Waals surface area contributed by atoms with Crippen molar-refractivity contribution in [3.8, 4) is 0 Å². The molecular weight excluding hydrogens is 267 g/mol. The molecule has 19 heavy (non-hydrogen) atoms. The average Bonchev–Trinajstić information content (AvgIpc) is 2.30. The summed E-state index contributed by atoms with van der Waals surface area (Å²) in [7, 11) is 0. The van der Waals surface area contributed by atoms with Crippen LogP contribution < -0.4 is 10.9 Å². The lowest BCUT2D eigenvalue weighted by Crippen LogP contribution is -2.42. The van der Waals surface area contributed by atoms with Crippen molar-refractivity contribution in [1.29, 1.82) is 0 Å². The summed E-state index contributed by atoms with van der Waals surface area (Å²) < 4.78 is 36.1. The molecule has 1 amide bonds. The molecule has 0 spiro atoms. The van der Waals surface area contributed by atoms with E-state index in [1.807, 2.05) is 5.32 Å². The predicted molar refractivity (Wildman–Crippen MR) is 58.7 cm³/mol. The fraction of sp³-hybridized carbons (Fsp3) is 0.500. The Morgan fingerprint density at radius 1 is 1.47 bits per heavy atom. The number of hydrogen-bond donors (Lipinski definition) is 3. The first-order valence-electron chi connectivity index (χ1n) is 5.23. The maximum atomic E-state index is 12.0. The zero-order valence-corrected chi connectivity index (χ0v) is 10.1. The van der Waals surface area contributed by atoms with Crippen LogP contribution in [0.25, 0.3) is 0 Å². The number of aromatic amines is 1. The van der Waals surface area contributed by atoms with E-state index < -0.39 is 30.3 Å². The highest BCUT2D eigenvalue weighted by atomic mass is 19.4. The van der Waals surface area contributed by atoms with E-state index in [9.17, 15) is 22.8 Å². The number of H-pyrrole nitrogens is 1. The highest BCUT2D eigenvalue weighted by molar-refractivity contribution is 5.95. The maximum absolute atomic E-state index is 12.0. The van der Waals surface area contributed by atoms with Gasteiger partial charge in [-0.1, -0.05) is 0 Å². The molecule has 0 radical (unpaired) electrons. The number of aryl methyl sites for hydroxylation is 1. The Hall–Kier alpha value is -1.90. The van der Waals surface area contributed by atoms with Crippen LogP contribution in [0.1, 0.15) is 21.6 Å². The molecular formula is C10H12F3N3O3. The Balaban J connectivity index is 2.86. The van der Waals surface area contributed by atoms with Gasteiger partial charge in [-0.05, 0) is 19.4 Å². The molecule has 106 valence electrons. The van der Waals surface area contributed by atoms with Gasteiger partial charge in [-0.3, -0.25) is 9.59 Å². The number of nitrogens with one attached hydrogen (secondary N) is 2. The van der Waals surface area contributed by atoms with Gasteiger partial charge in [-0.15, -0.1) is 0 Å².